The topological polar surface area (TPSA) is 54.0 Å². The Kier molecular flexibility index (Phi) is 2.96. The van der Waals surface area contributed by atoms with Crippen LogP contribution in [-0.2, 0) is 12.8 Å². The first-order valence-corrected chi connectivity index (χ1v) is 8.16. The van der Waals surface area contributed by atoms with Gasteiger partial charge in [0.1, 0.15) is 11.2 Å². The Morgan fingerprint density at radius 1 is 1.38 bits per heavy atom. The first-order valence-electron chi connectivity index (χ1n) is 7.34. The molecule has 2 N–H and O–H groups in total. The van der Waals surface area contributed by atoms with E-state index in [1.807, 2.05) is 12.1 Å². The molecule has 0 fully saturated rings. The number of rotatable bonds is 1. The normalized spacial score (nSPS) is 23.8. The first kappa shape index (κ1) is 12.8. The predicted octanol–water partition coefficient (Wildman–Crippen LogP) is 3.12. The van der Waals surface area contributed by atoms with E-state index in [9.17, 15) is 4.79 Å². The Balaban J connectivity index is 1.71. The molecule has 0 radical (unpaired) electrons. The van der Waals surface area contributed by atoms with E-state index in [2.05, 4.69) is 22.5 Å². The number of thiophene rings is 1. The quantitative estimate of drug-likeness (QED) is 0.850. The smallest absolute Gasteiger partial charge is 0.256 e. The molecule has 0 saturated carbocycles. The molecule has 21 heavy (non-hydrogen) atoms. The van der Waals surface area contributed by atoms with Crippen LogP contribution in [0.5, 0.6) is 0 Å². The largest absolute Gasteiger partial charge is 0.353 e. The number of hydrogen-bond acceptors (Lipinski definition) is 4. The zero-order chi connectivity index (χ0) is 14.4. The molecule has 5 heteroatoms. The number of carbonyl (C=O) groups excluding carboxylic acids is 1. The molecule has 1 amide bonds. The van der Waals surface area contributed by atoms with Crippen LogP contribution in [0.4, 0.5) is 5.00 Å². The van der Waals surface area contributed by atoms with Crippen molar-refractivity contribution in [3.05, 3.63) is 46.1 Å². The van der Waals surface area contributed by atoms with Crippen molar-refractivity contribution in [2.45, 2.75) is 32.4 Å². The Labute approximate surface area is 127 Å². The lowest BCUT2D eigenvalue weighted by Crippen LogP contribution is -2.38. The van der Waals surface area contributed by atoms with Gasteiger partial charge >= 0.3 is 0 Å². The second-order valence-corrected chi connectivity index (χ2v) is 7.00. The van der Waals surface area contributed by atoms with Crippen LogP contribution < -0.4 is 10.6 Å². The van der Waals surface area contributed by atoms with E-state index in [-0.39, 0.29) is 12.1 Å². The zero-order valence-electron chi connectivity index (χ0n) is 11.8. The van der Waals surface area contributed by atoms with E-state index in [4.69, 9.17) is 0 Å². The Morgan fingerprint density at radius 3 is 3.10 bits per heavy atom. The van der Waals surface area contributed by atoms with Crippen LogP contribution >= 0.6 is 11.3 Å². The molecular formula is C16H17N3OS. The van der Waals surface area contributed by atoms with Crippen LogP contribution in [0.15, 0.2) is 24.5 Å². The number of anilines is 1. The van der Waals surface area contributed by atoms with Crippen LogP contribution in [-0.4, -0.2) is 10.9 Å². The summed E-state index contributed by atoms with van der Waals surface area (Å²) in [6.45, 7) is 2.29. The highest BCUT2D eigenvalue weighted by Gasteiger charge is 2.32. The summed E-state index contributed by atoms with van der Waals surface area (Å²) in [5.74, 6) is 0.763. The summed E-state index contributed by atoms with van der Waals surface area (Å²) >= 11 is 1.75. The maximum absolute atomic E-state index is 12.5. The molecule has 2 aliphatic rings. The molecule has 4 nitrogen and oxygen atoms in total. The Bertz CT molecular complexity index is 695. The van der Waals surface area contributed by atoms with Gasteiger partial charge < -0.3 is 10.6 Å². The van der Waals surface area contributed by atoms with Crippen molar-refractivity contribution in [3.63, 3.8) is 0 Å². The van der Waals surface area contributed by atoms with Crippen molar-refractivity contribution in [2.75, 3.05) is 5.32 Å². The third-order valence-corrected chi connectivity index (χ3v) is 5.49. The third kappa shape index (κ3) is 2.12. The predicted molar refractivity (Wildman–Crippen MR) is 83.6 cm³/mol. The van der Waals surface area contributed by atoms with Gasteiger partial charge in [0.2, 0.25) is 0 Å². The third-order valence-electron chi connectivity index (χ3n) is 4.31. The van der Waals surface area contributed by atoms with Crippen molar-refractivity contribution in [1.29, 1.82) is 0 Å². The minimum atomic E-state index is -0.184. The number of amides is 1. The summed E-state index contributed by atoms with van der Waals surface area (Å²) in [7, 11) is 0. The van der Waals surface area contributed by atoms with Gasteiger partial charge in [0.05, 0.1) is 5.56 Å². The SMILES string of the molecule is C[C@H]1CCc2c(sc3c2C(=O)N[C@@H](c2cccnc2)N3)C1. The number of aromatic nitrogens is 1. The number of fused-ring (bicyclic) bond motifs is 3. The average Bonchev–Trinajstić information content (AvgIpc) is 2.85. The standard InChI is InChI=1S/C16H17N3OS/c1-9-4-5-11-12(7-9)21-16-13(11)15(20)18-14(19-16)10-3-2-6-17-8-10/h2-3,6,8-9,14,19H,4-5,7H2,1H3,(H,18,20)/t9-,14+/m0/s1. The van der Waals surface area contributed by atoms with Crippen molar-refractivity contribution in [1.82, 2.24) is 10.3 Å². The fourth-order valence-electron chi connectivity index (χ4n) is 3.18. The van der Waals surface area contributed by atoms with Gasteiger partial charge in [0, 0.05) is 22.8 Å². The summed E-state index contributed by atoms with van der Waals surface area (Å²) in [5.41, 5.74) is 3.13. The van der Waals surface area contributed by atoms with Crippen LogP contribution in [0, 0.1) is 5.92 Å². The van der Waals surface area contributed by atoms with Gasteiger partial charge in [-0.15, -0.1) is 11.3 Å². The van der Waals surface area contributed by atoms with Gasteiger partial charge in [0.25, 0.3) is 5.91 Å². The molecule has 3 heterocycles. The van der Waals surface area contributed by atoms with E-state index in [1.54, 1.807) is 23.7 Å². The molecule has 1 aliphatic heterocycles. The summed E-state index contributed by atoms with van der Waals surface area (Å²) in [4.78, 5) is 18.0. The molecule has 0 unspecified atom stereocenters. The van der Waals surface area contributed by atoms with Gasteiger partial charge in [0.15, 0.2) is 0 Å². The molecule has 4 rings (SSSR count). The molecule has 0 bridgehead atoms. The highest BCUT2D eigenvalue weighted by atomic mass is 32.1. The lowest BCUT2D eigenvalue weighted by Gasteiger charge is -2.26. The molecule has 108 valence electrons. The first-order chi connectivity index (χ1) is 10.2. The van der Waals surface area contributed by atoms with E-state index in [1.165, 1.54) is 16.9 Å². The van der Waals surface area contributed by atoms with Gasteiger partial charge in [-0.3, -0.25) is 9.78 Å². The van der Waals surface area contributed by atoms with Crippen LogP contribution in [0.3, 0.4) is 0 Å². The fraction of sp³-hybridized carbons (Fsp3) is 0.375. The Morgan fingerprint density at radius 2 is 2.29 bits per heavy atom. The van der Waals surface area contributed by atoms with Crippen LogP contribution in [0.25, 0.3) is 0 Å². The molecule has 2 aromatic heterocycles. The summed E-state index contributed by atoms with van der Waals surface area (Å²) in [6, 6.07) is 3.87. The molecule has 0 saturated heterocycles. The van der Waals surface area contributed by atoms with Crippen molar-refractivity contribution >= 4 is 22.2 Å². The molecule has 2 aromatic rings. The number of nitrogens with one attached hydrogen (secondary N) is 2. The lowest BCUT2D eigenvalue weighted by atomic mass is 9.88. The lowest BCUT2D eigenvalue weighted by molar-refractivity contribution is 0.0935. The van der Waals surface area contributed by atoms with Crippen molar-refractivity contribution in [3.8, 4) is 0 Å². The number of carbonyl (C=O) groups is 1. The molecule has 0 spiro atoms. The minimum absolute atomic E-state index is 0.0460. The number of hydrogen-bond donors (Lipinski definition) is 2. The van der Waals surface area contributed by atoms with Gasteiger partial charge in [-0.1, -0.05) is 13.0 Å². The molecule has 2 atom stereocenters. The highest BCUT2D eigenvalue weighted by molar-refractivity contribution is 7.16. The molecule has 1 aliphatic carbocycles. The Hall–Kier alpha value is -1.88. The molecule has 0 aromatic carbocycles. The van der Waals surface area contributed by atoms with E-state index < -0.39 is 0 Å². The summed E-state index contributed by atoms with van der Waals surface area (Å²) < 4.78 is 0. The van der Waals surface area contributed by atoms with Crippen molar-refractivity contribution < 1.29 is 4.79 Å². The summed E-state index contributed by atoms with van der Waals surface area (Å²) in [6.07, 6.45) is 6.64. The second-order valence-electron chi connectivity index (χ2n) is 5.89. The maximum atomic E-state index is 12.5. The van der Waals surface area contributed by atoms with Gasteiger partial charge in [-0.2, -0.15) is 0 Å². The zero-order valence-corrected chi connectivity index (χ0v) is 12.7. The number of nitrogens with zero attached hydrogens (tertiary/aromatic N) is 1. The molecular weight excluding hydrogens is 282 g/mol. The fourth-order valence-corrected chi connectivity index (χ4v) is 4.61. The van der Waals surface area contributed by atoms with E-state index >= 15 is 0 Å². The second kappa shape index (κ2) is 4.84. The number of pyridine rings is 1. The van der Waals surface area contributed by atoms with Crippen LogP contribution in [0.1, 0.15) is 45.9 Å². The van der Waals surface area contributed by atoms with E-state index in [0.717, 1.165) is 34.9 Å². The van der Waals surface area contributed by atoms with Crippen molar-refractivity contribution in [2.24, 2.45) is 5.92 Å². The summed E-state index contributed by atoms with van der Waals surface area (Å²) in [5, 5.41) is 7.54. The maximum Gasteiger partial charge on any atom is 0.256 e. The highest BCUT2D eigenvalue weighted by Crippen LogP contribution is 2.42. The monoisotopic (exact) mass is 299 g/mol. The van der Waals surface area contributed by atoms with E-state index in [0.29, 0.717) is 0 Å². The van der Waals surface area contributed by atoms with Gasteiger partial charge in [-0.05, 0) is 36.8 Å². The average molecular weight is 299 g/mol. The van der Waals surface area contributed by atoms with Crippen LogP contribution in [0.2, 0.25) is 0 Å². The minimum Gasteiger partial charge on any atom is -0.353 e. The van der Waals surface area contributed by atoms with Gasteiger partial charge in [-0.25, -0.2) is 0 Å².